The van der Waals surface area contributed by atoms with Gasteiger partial charge in [-0.15, -0.1) is 0 Å². The molecule has 0 aromatic rings. The third-order valence-electron chi connectivity index (χ3n) is 5.91. The maximum absolute atomic E-state index is 12.3. The third-order valence-corrected chi connectivity index (χ3v) is 7.51. The summed E-state index contributed by atoms with van der Waals surface area (Å²) in [5, 5.41) is 2.72. The zero-order valence-corrected chi connectivity index (χ0v) is 14.9. The average molecular weight is 330 g/mol. The first-order chi connectivity index (χ1) is 10.3. The van der Waals surface area contributed by atoms with Crippen LogP contribution in [0, 0.1) is 5.41 Å². The van der Waals surface area contributed by atoms with Crippen LogP contribution in [0.25, 0.3) is 0 Å². The minimum absolute atomic E-state index is 0.0864. The average Bonchev–Trinajstić information content (AvgIpc) is 2.98. The van der Waals surface area contributed by atoms with Crippen LogP contribution < -0.4 is 5.32 Å². The number of amides is 2. The molecule has 6 heteroatoms. The summed E-state index contributed by atoms with van der Waals surface area (Å²) in [5.41, 5.74) is 0.469. The van der Waals surface area contributed by atoms with Crippen LogP contribution in [-0.2, 0) is 9.84 Å². The van der Waals surface area contributed by atoms with Gasteiger partial charge < -0.3 is 10.2 Å². The van der Waals surface area contributed by atoms with Gasteiger partial charge in [0.2, 0.25) is 0 Å². The summed E-state index contributed by atoms with van der Waals surface area (Å²) in [6, 6.07) is 0.160. The number of nitrogens with zero attached hydrogens (tertiary/aromatic N) is 1. The van der Waals surface area contributed by atoms with E-state index in [9.17, 15) is 13.2 Å². The fourth-order valence-electron chi connectivity index (χ4n) is 3.86. The second-order valence-corrected chi connectivity index (χ2v) is 9.44. The van der Waals surface area contributed by atoms with Gasteiger partial charge in [-0.1, -0.05) is 26.7 Å². The molecule has 2 aliphatic rings. The quantitative estimate of drug-likeness (QED) is 0.861. The van der Waals surface area contributed by atoms with E-state index in [2.05, 4.69) is 19.2 Å². The summed E-state index contributed by atoms with van der Waals surface area (Å²) in [6.45, 7) is 5.41. The summed E-state index contributed by atoms with van der Waals surface area (Å²) in [6.07, 6.45) is 8.68. The summed E-state index contributed by atoms with van der Waals surface area (Å²) >= 11 is 0. The molecule has 0 spiro atoms. The highest BCUT2D eigenvalue weighted by atomic mass is 32.2. The van der Waals surface area contributed by atoms with Gasteiger partial charge in [0.05, 0.1) is 5.25 Å². The van der Waals surface area contributed by atoms with Gasteiger partial charge in [0.1, 0.15) is 0 Å². The second-order valence-electron chi connectivity index (χ2n) is 7.12. The van der Waals surface area contributed by atoms with E-state index in [4.69, 9.17) is 0 Å². The topological polar surface area (TPSA) is 66.5 Å². The zero-order chi connectivity index (χ0) is 16.4. The monoisotopic (exact) mass is 330 g/mol. The molecule has 1 heterocycles. The number of hydrogen-bond donors (Lipinski definition) is 1. The van der Waals surface area contributed by atoms with E-state index in [1.165, 1.54) is 31.9 Å². The first-order valence-electron chi connectivity index (χ1n) is 8.54. The lowest BCUT2D eigenvalue weighted by atomic mass is 9.69. The lowest BCUT2D eigenvalue weighted by molar-refractivity contribution is 0.144. The predicted molar refractivity (Wildman–Crippen MR) is 88.6 cm³/mol. The lowest BCUT2D eigenvalue weighted by Gasteiger charge is -2.39. The molecule has 0 aromatic carbocycles. The van der Waals surface area contributed by atoms with E-state index in [1.54, 1.807) is 4.90 Å². The first kappa shape index (κ1) is 17.6. The van der Waals surface area contributed by atoms with Crippen molar-refractivity contribution in [1.29, 1.82) is 0 Å². The molecule has 128 valence electrons. The summed E-state index contributed by atoms with van der Waals surface area (Å²) < 4.78 is 23.1. The Labute approximate surface area is 134 Å². The summed E-state index contributed by atoms with van der Waals surface area (Å²) in [5.74, 6) is 0. The van der Waals surface area contributed by atoms with Crippen molar-refractivity contribution in [2.24, 2.45) is 5.41 Å². The van der Waals surface area contributed by atoms with Crippen LogP contribution in [-0.4, -0.2) is 50.0 Å². The Morgan fingerprint density at radius 1 is 1.18 bits per heavy atom. The maximum atomic E-state index is 12.3. The van der Waals surface area contributed by atoms with Crippen molar-refractivity contribution in [2.45, 2.75) is 70.1 Å². The number of rotatable bonds is 4. The standard InChI is InChI=1S/C16H30N2O3S/c1-4-16(5-2)9-6-13(7-10-16)17-15(19)18-11-8-14(12-18)22(3,20)21/h13-14H,4-12H2,1-3H3,(H,17,19)/t14-/m0/s1. The Bertz CT molecular complexity index is 490. The molecular weight excluding hydrogens is 300 g/mol. The largest absolute Gasteiger partial charge is 0.335 e. The molecule has 2 fully saturated rings. The Morgan fingerprint density at radius 3 is 2.23 bits per heavy atom. The highest BCUT2D eigenvalue weighted by molar-refractivity contribution is 7.91. The molecular formula is C16H30N2O3S. The Balaban J connectivity index is 1.82. The number of urea groups is 1. The van der Waals surface area contributed by atoms with Crippen LogP contribution in [0.2, 0.25) is 0 Å². The second kappa shape index (κ2) is 6.77. The Hall–Kier alpha value is -0.780. The molecule has 5 nitrogen and oxygen atoms in total. The molecule has 0 radical (unpaired) electrons. The van der Waals surface area contributed by atoms with Gasteiger partial charge in [-0.2, -0.15) is 0 Å². The van der Waals surface area contributed by atoms with E-state index in [0.717, 1.165) is 12.8 Å². The number of hydrogen-bond acceptors (Lipinski definition) is 3. The molecule has 1 N–H and O–H groups in total. The van der Waals surface area contributed by atoms with Crippen molar-refractivity contribution >= 4 is 15.9 Å². The van der Waals surface area contributed by atoms with E-state index >= 15 is 0 Å². The molecule has 0 unspecified atom stereocenters. The van der Waals surface area contributed by atoms with Crippen molar-refractivity contribution in [1.82, 2.24) is 10.2 Å². The lowest BCUT2D eigenvalue weighted by Crippen LogP contribution is -2.46. The molecule has 1 saturated carbocycles. The highest BCUT2D eigenvalue weighted by Crippen LogP contribution is 2.41. The molecule has 2 amide bonds. The van der Waals surface area contributed by atoms with Gasteiger partial charge in [0, 0.05) is 25.4 Å². The molecule has 1 saturated heterocycles. The van der Waals surface area contributed by atoms with Crippen molar-refractivity contribution in [3.8, 4) is 0 Å². The molecule has 1 aliphatic heterocycles. The van der Waals surface area contributed by atoms with Crippen molar-refractivity contribution in [3.63, 3.8) is 0 Å². The number of sulfone groups is 1. The third kappa shape index (κ3) is 3.94. The van der Waals surface area contributed by atoms with Crippen LogP contribution in [0.3, 0.4) is 0 Å². The van der Waals surface area contributed by atoms with E-state index < -0.39 is 15.1 Å². The van der Waals surface area contributed by atoms with Gasteiger partial charge in [0.25, 0.3) is 0 Å². The molecule has 1 atom stereocenters. The maximum Gasteiger partial charge on any atom is 0.317 e. The van der Waals surface area contributed by atoms with E-state index in [-0.39, 0.29) is 12.1 Å². The van der Waals surface area contributed by atoms with Crippen LogP contribution in [0.5, 0.6) is 0 Å². The minimum atomic E-state index is -3.05. The van der Waals surface area contributed by atoms with Crippen molar-refractivity contribution < 1.29 is 13.2 Å². The fraction of sp³-hybridized carbons (Fsp3) is 0.938. The van der Waals surface area contributed by atoms with Crippen LogP contribution in [0.1, 0.15) is 58.8 Å². The number of nitrogens with one attached hydrogen (secondary N) is 1. The molecule has 2 rings (SSSR count). The van der Waals surface area contributed by atoms with Gasteiger partial charge in [0.15, 0.2) is 9.84 Å². The Morgan fingerprint density at radius 2 is 1.77 bits per heavy atom. The SMILES string of the molecule is CCC1(CC)CCC(NC(=O)N2CC[C@H](S(C)(=O)=O)C2)CC1. The van der Waals surface area contributed by atoms with Crippen molar-refractivity contribution in [2.75, 3.05) is 19.3 Å². The predicted octanol–water partition coefficient (Wildman–Crippen LogP) is 2.56. The first-order valence-corrected chi connectivity index (χ1v) is 10.5. The molecule has 0 bridgehead atoms. The van der Waals surface area contributed by atoms with Gasteiger partial charge in [-0.25, -0.2) is 13.2 Å². The smallest absolute Gasteiger partial charge is 0.317 e. The highest BCUT2D eigenvalue weighted by Gasteiger charge is 2.35. The normalized spacial score (nSPS) is 26.1. The molecule has 22 heavy (non-hydrogen) atoms. The molecule has 0 aromatic heterocycles. The number of carbonyl (C=O) groups is 1. The zero-order valence-electron chi connectivity index (χ0n) is 14.1. The van der Waals surface area contributed by atoms with Crippen LogP contribution in [0.4, 0.5) is 4.79 Å². The number of carbonyl (C=O) groups excluding carboxylic acids is 1. The van der Waals surface area contributed by atoms with Crippen LogP contribution >= 0.6 is 0 Å². The van der Waals surface area contributed by atoms with E-state index in [1.807, 2.05) is 0 Å². The van der Waals surface area contributed by atoms with Gasteiger partial charge in [-0.05, 0) is 37.5 Å². The number of likely N-dealkylation sites (tertiary alicyclic amines) is 1. The van der Waals surface area contributed by atoms with Gasteiger partial charge in [-0.3, -0.25) is 0 Å². The van der Waals surface area contributed by atoms with E-state index in [0.29, 0.717) is 24.9 Å². The molecule has 1 aliphatic carbocycles. The van der Waals surface area contributed by atoms with Crippen LogP contribution in [0.15, 0.2) is 0 Å². The summed E-state index contributed by atoms with van der Waals surface area (Å²) in [7, 11) is -3.05. The summed E-state index contributed by atoms with van der Waals surface area (Å²) in [4.78, 5) is 14.0. The van der Waals surface area contributed by atoms with Crippen molar-refractivity contribution in [3.05, 3.63) is 0 Å². The Kier molecular flexibility index (Phi) is 5.41. The fourth-order valence-corrected chi connectivity index (χ4v) is 4.84. The van der Waals surface area contributed by atoms with Gasteiger partial charge >= 0.3 is 6.03 Å². The minimum Gasteiger partial charge on any atom is -0.335 e.